The Morgan fingerprint density at radius 3 is 2.73 bits per heavy atom. The van der Waals surface area contributed by atoms with Crippen LogP contribution in [0.4, 0.5) is 4.79 Å². The Morgan fingerprint density at radius 1 is 1.27 bits per heavy atom. The first kappa shape index (κ1) is 17.5. The van der Waals surface area contributed by atoms with Gasteiger partial charge in [-0.1, -0.05) is 19.8 Å². The highest BCUT2D eigenvalue weighted by molar-refractivity contribution is 5.68. The molecule has 1 aliphatic heterocycles. The lowest BCUT2D eigenvalue weighted by Crippen LogP contribution is -2.73. The van der Waals surface area contributed by atoms with Gasteiger partial charge in [0.05, 0.1) is 18.2 Å². The fourth-order valence-electron chi connectivity index (χ4n) is 3.43. The minimum atomic E-state index is -0.458. The van der Waals surface area contributed by atoms with Crippen LogP contribution in [0.25, 0.3) is 0 Å². The van der Waals surface area contributed by atoms with Crippen molar-refractivity contribution in [2.24, 2.45) is 5.92 Å². The molecule has 0 aromatic heterocycles. The summed E-state index contributed by atoms with van der Waals surface area (Å²) in [6, 6.07) is 0.344. The molecule has 0 aromatic carbocycles. The highest BCUT2D eigenvalue weighted by Gasteiger charge is 2.52. The third-order valence-corrected chi connectivity index (χ3v) is 4.46. The minimum Gasteiger partial charge on any atom is -0.444 e. The van der Waals surface area contributed by atoms with Gasteiger partial charge in [0, 0.05) is 12.5 Å². The third-order valence-electron chi connectivity index (χ3n) is 4.46. The van der Waals surface area contributed by atoms with Crippen molar-refractivity contribution in [3.8, 4) is 0 Å². The van der Waals surface area contributed by atoms with Crippen LogP contribution in [0.3, 0.4) is 0 Å². The molecule has 5 heteroatoms. The van der Waals surface area contributed by atoms with E-state index in [0.29, 0.717) is 5.92 Å². The van der Waals surface area contributed by atoms with Gasteiger partial charge in [0.2, 0.25) is 0 Å². The molecule has 1 amide bonds. The molecule has 4 unspecified atom stereocenters. The summed E-state index contributed by atoms with van der Waals surface area (Å²) in [6.45, 7) is 9.70. The van der Waals surface area contributed by atoms with Crippen LogP contribution >= 0.6 is 0 Å². The molecule has 0 spiro atoms. The standard InChI is InChI=1S/C17H32N2O3/c1-5-6-7-10-18-14-13(12-9-8-11-21-15(12)14)19-16(20)22-17(2,3)4/h12-15,18H,5-11H2,1-4H3,(H,19,20). The highest BCUT2D eigenvalue weighted by atomic mass is 16.6. The highest BCUT2D eigenvalue weighted by Crippen LogP contribution is 2.38. The molecule has 128 valence electrons. The molecule has 2 aliphatic rings. The largest absolute Gasteiger partial charge is 0.444 e. The van der Waals surface area contributed by atoms with Crippen molar-refractivity contribution in [3.05, 3.63) is 0 Å². The fourth-order valence-corrected chi connectivity index (χ4v) is 3.43. The number of hydrogen-bond acceptors (Lipinski definition) is 4. The molecule has 1 saturated heterocycles. The average Bonchev–Trinajstić information content (AvgIpc) is 2.43. The molecule has 2 fully saturated rings. The first-order valence-corrected chi connectivity index (χ1v) is 8.77. The number of nitrogens with one attached hydrogen (secondary N) is 2. The molecule has 2 N–H and O–H groups in total. The first-order chi connectivity index (χ1) is 10.4. The summed E-state index contributed by atoms with van der Waals surface area (Å²) in [4.78, 5) is 12.1. The number of rotatable bonds is 6. The Balaban J connectivity index is 1.86. The summed E-state index contributed by atoms with van der Waals surface area (Å²) < 4.78 is 11.3. The lowest BCUT2D eigenvalue weighted by atomic mass is 9.68. The van der Waals surface area contributed by atoms with Crippen molar-refractivity contribution >= 4 is 6.09 Å². The van der Waals surface area contributed by atoms with E-state index in [4.69, 9.17) is 9.47 Å². The molecule has 0 radical (unpaired) electrons. The van der Waals surface area contributed by atoms with Crippen LogP contribution in [-0.2, 0) is 9.47 Å². The van der Waals surface area contributed by atoms with Gasteiger partial charge in [0.1, 0.15) is 5.60 Å². The van der Waals surface area contributed by atoms with Gasteiger partial charge in [0.15, 0.2) is 0 Å². The zero-order valence-electron chi connectivity index (χ0n) is 14.5. The van der Waals surface area contributed by atoms with Gasteiger partial charge < -0.3 is 20.1 Å². The van der Waals surface area contributed by atoms with Gasteiger partial charge in [-0.15, -0.1) is 0 Å². The lowest BCUT2D eigenvalue weighted by molar-refractivity contribution is -0.128. The molecule has 0 bridgehead atoms. The van der Waals surface area contributed by atoms with Gasteiger partial charge >= 0.3 is 6.09 Å². The lowest BCUT2D eigenvalue weighted by Gasteiger charge is -2.54. The zero-order valence-corrected chi connectivity index (χ0v) is 14.5. The van der Waals surface area contributed by atoms with Crippen molar-refractivity contribution in [2.75, 3.05) is 13.2 Å². The van der Waals surface area contributed by atoms with E-state index in [9.17, 15) is 4.79 Å². The molecule has 22 heavy (non-hydrogen) atoms. The summed E-state index contributed by atoms with van der Waals surface area (Å²) in [5.74, 6) is 0.421. The van der Waals surface area contributed by atoms with Crippen molar-refractivity contribution in [1.82, 2.24) is 10.6 Å². The maximum Gasteiger partial charge on any atom is 0.407 e. The van der Waals surface area contributed by atoms with E-state index in [2.05, 4.69) is 17.6 Å². The number of fused-ring (bicyclic) bond motifs is 1. The van der Waals surface area contributed by atoms with Crippen molar-refractivity contribution in [3.63, 3.8) is 0 Å². The number of carbonyl (C=O) groups is 1. The van der Waals surface area contributed by atoms with Gasteiger partial charge in [-0.05, 0) is 46.6 Å². The summed E-state index contributed by atoms with van der Waals surface area (Å²) in [6.07, 6.45) is 5.75. The Bertz CT molecular complexity index is 367. The van der Waals surface area contributed by atoms with Crippen LogP contribution in [0.1, 0.15) is 59.8 Å². The molecule has 1 aliphatic carbocycles. The van der Waals surface area contributed by atoms with E-state index >= 15 is 0 Å². The summed E-state index contributed by atoms with van der Waals surface area (Å²) in [5, 5.41) is 6.64. The van der Waals surface area contributed by atoms with E-state index in [0.717, 1.165) is 26.0 Å². The monoisotopic (exact) mass is 312 g/mol. The zero-order chi connectivity index (χ0) is 16.2. The summed E-state index contributed by atoms with van der Waals surface area (Å²) in [7, 11) is 0. The van der Waals surface area contributed by atoms with Gasteiger partial charge in [-0.3, -0.25) is 0 Å². The van der Waals surface area contributed by atoms with E-state index in [1.54, 1.807) is 0 Å². The summed E-state index contributed by atoms with van der Waals surface area (Å²) >= 11 is 0. The van der Waals surface area contributed by atoms with Crippen LogP contribution in [0.15, 0.2) is 0 Å². The molecule has 1 heterocycles. The molecular weight excluding hydrogens is 280 g/mol. The van der Waals surface area contributed by atoms with Crippen LogP contribution < -0.4 is 10.6 Å². The van der Waals surface area contributed by atoms with Crippen molar-refractivity contribution in [1.29, 1.82) is 0 Å². The second kappa shape index (κ2) is 7.64. The SMILES string of the molecule is CCCCCNC1C(NC(=O)OC(C)(C)C)C2CCCOC21. The maximum atomic E-state index is 12.1. The van der Waals surface area contributed by atoms with Gasteiger partial charge in [-0.25, -0.2) is 4.79 Å². The first-order valence-electron chi connectivity index (χ1n) is 8.77. The van der Waals surface area contributed by atoms with Crippen LogP contribution in [-0.4, -0.2) is 43.0 Å². The van der Waals surface area contributed by atoms with Crippen LogP contribution in [0.2, 0.25) is 0 Å². The number of carbonyl (C=O) groups excluding carboxylic acids is 1. The van der Waals surface area contributed by atoms with Crippen LogP contribution in [0, 0.1) is 5.92 Å². The van der Waals surface area contributed by atoms with E-state index in [1.165, 1.54) is 19.3 Å². The van der Waals surface area contributed by atoms with Crippen molar-refractivity contribution in [2.45, 2.75) is 83.6 Å². The number of ether oxygens (including phenoxy) is 2. The molecule has 2 rings (SSSR count). The second-order valence-corrected chi connectivity index (χ2v) is 7.50. The van der Waals surface area contributed by atoms with E-state index in [-0.39, 0.29) is 24.3 Å². The van der Waals surface area contributed by atoms with Crippen molar-refractivity contribution < 1.29 is 14.3 Å². The fraction of sp³-hybridized carbons (Fsp3) is 0.941. The van der Waals surface area contributed by atoms with Gasteiger partial charge in [0.25, 0.3) is 0 Å². The molecule has 4 atom stereocenters. The second-order valence-electron chi connectivity index (χ2n) is 7.50. The van der Waals surface area contributed by atoms with Crippen LogP contribution in [0.5, 0.6) is 0 Å². The smallest absolute Gasteiger partial charge is 0.407 e. The Hall–Kier alpha value is -0.810. The maximum absolute atomic E-state index is 12.1. The Labute approximate surface area is 134 Å². The number of alkyl carbamates (subject to hydrolysis) is 1. The normalized spacial score (nSPS) is 31.1. The average molecular weight is 312 g/mol. The third kappa shape index (κ3) is 4.59. The summed E-state index contributed by atoms with van der Waals surface area (Å²) in [5.41, 5.74) is -0.458. The quantitative estimate of drug-likeness (QED) is 0.741. The predicted octanol–water partition coefficient (Wildman–Crippen LogP) is 2.84. The molecular formula is C17H32N2O3. The predicted molar refractivity (Wildman–Crippen MR) is 86.9 cm³/mol. The molecule has 0 aromatic rings. The topological polar surface area (TPSA) is 59.6 Å². The number of hydrogen-bond donors (Lipinski definition) is 2. The Kier molecular flexibility index (Phi) is 6.09. The number of amides is 1. The minimum absolute atomic E-state index is 0.127. The van der Waals surface area contributed by atoms with Gasteiger partial charge in [-0.2, -0.15) is 0 Å². The molecule has 5 nitrogen and oxygen atoms in total. The number of unbranched alkanes of at least 4 members (excludes halogenated alkanes) is 2. The molecule has 1 saturated carbocycles. The Morgan fingerprint density at radius 2 is 2.05 bits per heavy atom. The van der Waals surface area contributed by atoms with E-state index < -0.39 is 5.60 Å². The van der Waals surface area contributed by atoms with E-state index in [1.807, 2.05) is 20.8 Å².